The van der Waals surface area contributed by atoms with Gasteiger partial charge in [-0.2, -0.15) is 4.39 Å². The van der Waals surface area contributed by atoms with Gasteiger partial charge in [0, 0.05) is 0 Å². The average molecular weight is 409 g/mol. The Labute approximate surface area is 177 Å². The summed E-state index contributed by atoms with van der Waals surface area (Å²) in [4.78, 5) is 0. The van der Waals surface area contributed by atoms with Crippen LogP contribution in [0.4, 0.5) is 8.78 Å². The fourth-order valence-corrected chi connectivity index (χ4v) is 4.66. The molecular formula is C26H42F2O. The summed E-state index contributed by atoms with van der Waals surface area (Å²) in [5.41, 5.74) is 0.554. The Kier molecular flexibility index (Phi) is 11.6. The molecule has 1 fully saturated rings. The van der Waals surface area contributed by atoms with Crippen LogP contribution < -0.4 is 4.74 Å². The van der Waals surface area contributed by atoms with Gasteiger partial charge in [0.2, 0.25) is 5.82 Å². The minimum atomic E-state index is -0.796. The largest absolute Gasteiger partial charge is 0.490 e. The van der Waals surface area contributed by atoms with Crippen molar-refractivity contribution in [2.24, 2.45) is 5.92 Å². The van der Waals surface area contributed by atoms with E-state index in [-0.39, 0.29) is 11.7 Å². The zero-order chi connectivity index (χ0) is 20.9. The van der Waals surface area contributed by atoms with E-state index in [4.69, 9.17) is 4.74 Å². The fraction of sp³-hybridized carbons (Fsp3) is 0.769. The van der Waals surface area contributed by atoms with Gasteiger partial charge in [0.15, 0.2) is 11.6 Å². The molecule has 1 aromatic rings. The van der Waals surface area contributed by atoms with Gasteiger partial charge in [0.25, 0.3) is 0 Å². The quantitative estimate of drug-likeness (QED) is 0.279. The van der Waals surface area contributed by atoms with Crippen LogP contribution in [0.1, 0.15) is 122 Å². The molecule has 29 heavy (non-hydrogen) atoms. The average Bonchev–Trinajstić information content (AvgIpc) is 2.74. The highest BCUT2D eigenvalue weighted by atomic mass is 19.2. The first-order valence-electron chi connectivity index (χ1n) is 12.3. The molecule has 2 rings (SSSR count). The van der Waals surface area contributed by atoms with Gasteiger partial charge in [-0.3, -0.25) is 0 Å². The summed E-state index contributed by atoms with van der Waals surface area (Å²) in [6.45, 7) is 4.90. The van der Waals surface area contributed by atoms with Crippen molar-refractivity contribution in [1.82, 2.24) is 0 Å². The number of ether oxygens (including phenoxy) is 1. The third kappa shape index (κ3) is 8.26. The second-order valence-electron chi connectivity index (χ2n) is 8.96. The summed E-state index contributed by atoms with van der Waals surface area (Å²) in [7, 11) is 0. The zero-order valence-corrected chi connectivity index (χ0v) is 18.8. The molecule has 3 heteroatoms. The molecule has 0 bridgehead atoms. The van der Waals surface area contributed by atoms with Crippen LogP contribution in [0.25, 0.3) is 0 Å². The van der Waals surface area contributed by atoms with Crippen molar-refractivity contribution in [3.63, 3.8) is 0 Å². The number of hydrogen-bond donors (Lipinski definition) is 0. The summed E-state index contributed by atoms with van der Waals surface area (Å²) in [6.07, 6.45) is 17.7. The van der Waals surface area contributed by atoms with E-state index in [1.165, 1.54) is 57.8 Å². The predicted molar refractivity (Wildman–Crippen MR) is 119 cm³/mol. The Balaban J connectivity index is 1.76. The standard InChI is InChI=1S/C26H42F2O/c1-3-5-7-9-10-12-20-29-24-19-18-23(25(27)26(24)28)22-16-14-21(15-17-22)13-11-8-6-4-2/h18-19,21-22H,3-17,20H2,1-2H3/t21-,22-. The lowest BCUT2D eigenvalue weighted by Gasteiger charge is -2.29. The van der Waals surface area contributed by atoms with Gasteiger partial charge in [-0.05, 0) is 55.6 Å². The minimum Gasteiger partial charge on any atom is -0.490 e. The van der Waals surface area contributed by atoms with Crippen molar-refractivity contribution in [3.05, 3.63) is 29.3 Å². The van der Waals surface area contributed by atoms with Crippen LogP contribution in [0, 0.1) is 17.6 Å². The molecule has 0 aromatic heterocycles. The van der Waals surface area contributed by atoms with Crippen molar-refractivity contribution >= 4 is 0 Å². The highest BCUT2D eigenvalue weighted by Crippen LogP contribution is 2.40. The number of hydrogen-bond acceptors (Lipinski definition) is 1. The van der Waals surface area contributed by atoms with Crippen LogP contribution in [0.5, 0.6) is 5.75 Å². The van der Waals surface area contributed by atoms with Crippen LogP contribution in [0.3, 0.4) is 0 Å². The predicted octanol–water partition coefficient (Wildman–Crippen LogP) is 8.95. The molecule has 1 aliphatic rings. The maximum Gasteiger partial charge on any atom is 0.200 e. The molecule has 0 atom stereocenters. The molecule has 0 spiro atoms. The van der Waals surface area contributed by atoms with Crippen molar-refractivity contribution in [2.45, 2.75) is 116 Å². The Morgan fingerprint density at radius 2 is 1.38 bits per heavy atom. The van der Waals surface area contributed by atoms with E-state index in [2.05, 4.69) is 13.8 Å². The Bertz CT molecular complexity index is 564. The van der Waals surface area contributed by atoms with Crippen LogP contribution in [-0.4, -0.2) is 6.61 Å². The summed E-state index contributed by atoms with van der Waals surface area (Å²) >= 11 is 0. The van der Waals surface area contributed by atoms with E-state index >= 15 is 0 Å². The van der Waals surface area contributed by atoms with E-state index in [1.54, 1.807) is 12.1 Å². The van der Waals surface area contributed by atoms with E-state index in [1.807, 2.05) is 0 Å². The van der Waals surface area contributed by atoms with Crippen LogP contribution in [0.2, 0.25) is 0 Å². The normalized spacial score (nSPS) is 19.4. The van der Waals surface area contributed by atoms with Gasteiger partial charge < -0.3 is 4.74 Å². The van der Waals surface area contributed by atoms with Crippen molar-refractivity contribution in [1.29, 1.82) is 0 Å². The Hall–Kier alpha value is -1.12. The van der Waals surface area contributed by atoms with E-state index in [9.17, 15) is 8.78 Å². The highest BCUT2D eigenvalue weighted by molar-refractivity contribution is 5.33. The summed E-state index contributed by atoms with van der Waals surface area (Å²) in [6, 6.07) is 3.41. The lowest BCUT2D eigenvalue weighted by molar-refractivity contribution is 0.279. The topological polar surface area (TPSA) is 9.23 Å². The number of unbranched alkanes of at least 4 members (excludes halogenated alkanes) is 8. The first-order valence-corrected chi connectivity index (χ1v) is 12.3. The molecule has 1 saturated carbocycles. The van der Waals surface area contributed by atoms with Crippen LogP contribution >= 0.6 is 0 Å². The molecule has 0 heterocycles. The van der Waals surface area contributed by atoms with E-state index in [0.29, 0.717) is 12.2 Å². The zero-order valence-electron chi connectivity index (χ0n) is 18.8. The molecule has 0 radical (unpaired) electrons. The van der Waals surface area contributed by atoms with Crippen molar-refractivity contribution in [3.8, 4) is 5.75 Å². The van der Waals surface area contributed by atoms with E-state index < -0.39 is 11.6 Å². The fourth-order valence-electron chi connectivity index (χ4n) is 4.66. The van der Waals surface area contributed by atoms with Gasteiger partial charge >= 0.3 is 0 Å². The molecular weight excluding hydrogens is 366 g/mol. The first-order chi connectivity index (χ1) is 14.2. The second kappa shape index (κ2) is 14.0. The number of benzene rings is 1. The summed E-state index contributed by atoms with van der Waals surface area (Å²) < 4.78 is 34.7. The third-order valence-electron chi connectivity index (χ3n) is 6.58. The summed E-state index contributed by atoms with van der Waals surface area (Å²) in [5.74, 6) is -0.476. The van der Waals surface area contributed by atoms with E-state index in [0.717, 1.165) is 44.4 Å². The molecule has 0 N–H and O–H groups in total. The van der Waals surface area contributed by atoms with Gasteiger partial charge in [0.1, 0.15) is 0 Å². The second-order valence-corrected chi connectivity index (χ2v) is 8.96. The lowest BCUT2D eigenvalue weighted by Crippen LogP contribution is -2.15. The minimum absolute atomic E-state index is 0.0735. The van der Waals surface area contributed by atoms with Crippen molar-refractivity contribution < 1.29 is 13.5 Å². The molecule has 1 aliphatic carbocycles. The monoisotopic (exact) mass is 408 g/mol. The van der Waals surface area contributed by atoms with Gasteiger partial charge in [-0.25, -0.2) is 4.39 Å². The summed E-state index contributed by atoms with van der Waals surface area (Å²) in [5, 5.41) is 0. The molecule has 0 aliphatic heterocycles. The van der Waals surface area contributed by atoms with Gasteiger partial charge in [0.05, 0.1) is 6.61 Å². The SMILES string of the molecule is CCCCCCCCOc1ccc([C@H]2CC[C@H](CCCCCC)CC2)c(F)c1F. The smallest absolute Gasteiger partial charge is 0.200 e. The Morgan fingerprint density at radius 1 is 0.759 bits per heavy atom. The Morgan fingerprint density at radius 3 is 2.07 bits per heavy atom. The van der Waals surface area contributed by atoms with Crippen molar-refractivity contribution in [2.75, 3.05) is 6.61 Å². The number of rotatable bonds is 14. The molecule has 1 aromatic carbocycles. The molecule has 166 valence electrons. The van der Waals surface area contributed by atoms with Gasteiger partial charge in [-0.1, -0.05) is 84.1 Å². The third-order valence-corrected chi connectivity index (χ3v) is 6.58. The van der Waals surface area contributed by atoms with Crippen LogP contribution in [-0.2, 0) is 0 Å². The molecule has 0 amide bonds. The lowest BCUT2D eigenvalue weighted by atomic mass is 9.77. The molecule has 1 nitrogen and oxygen atoms in total. The first kappa shape index (κ1) is 24.2. The number of halogens is 2. The van der Waals surface area contributed by atoms with Gasteiger partial charge in [-0.15, -0.1) is 0 Å². The maximum absolute atomic E-state index is 14.7. The van der Waals surface area contributed by atoms with Crippen LogP contribution in [0.15, 0.2) is 12.1 Å². The molecule has 0 unspecified atom stereocenters. The highest BCUT2D eigenvalue weighted by Gasteiger charge is 2.26. The molecule has 0 saturated heterocycles. The maximum atomic E-state index is 14.7.